The van der Waals surface area contributed by atoms with Crippen LogP contribution < -0.4 is 16.4 Å². The van der Waals surface area contributed by atoms with Crippen LogP contribution in [0.15, 0.2) is 42.5 Å². The molecule has 4 N–H and O–H groups in total. The summed E-state index contributed by atoms with van der Waals surface area (Å²) in [5, 5.41) is 5.31. The molecule has 0 atom stereocenters. The number of benzene rings is 2. The highest BCUT2D eigenvalue weighted by Gasteiger charge is 2.13. The quantitative estimate of drug-likeness (QED) is 0.540. The van der Waals surface area contributed by atoms with Gasteiger partial charge in [-0.15, -0.1) is 11.8 Å². The van der Waals surface area contributed by atoms with Crippen LogP contribution in [-0.2, 0) is 10.5 Å². The number of amides is 1. The number of anilines is 4. The summed E-state index contributed by atoms with van der Waals surface area (Å²) in [6.45, 7) is 1.95. The van der Waals surface area contributed by atoms with Gasteiger partial charge in [-0.3, -0.25) is 4.79 Å². The molecule has 0 aliphatic carbocycles. The lowest BCUT2D eigenvalue weighted by Crippen LogP contribution is -2.16. The van der Waals surface area contributed by atoms with Crippen LogP contribution in [0.25, 0.3) is 0 Å². The van der Waals surface area contributed by atoms with Gasteiger partial charge in [-0.25, -0.2) is 8.78 Å². The predicted molar refractivity (Wildman–Crippen MR) is 110 cm³/mol. The molecule has 2 aromatic carbocycles. The molecule has 0 saturated heterocycles. The van der Waals surface area contributed by atoms with Crippen molar-refractivity contribution in [2.75, 3.05) is 22.1 Å². The number of nitrogen functional groups attached to an aromatic ring is 1. The monoisotopic (exact) mass is 416 g/mol. The van der Waals surface area contributed by atoms with E-state index in [-0.39, 0.29) is 17.5 Å². The van der Waals surface area contributed by atoms with E-state index in [1.54, 1.807) is 0 Å². The maximum absolute atomic E-state index is 13.6. The zero-order valence-electron chi connectivity index (χ0n) is 15.4. The van der Waals surface area contributed by atoms with Crippen LogP contribution in [0.5, 0.6) is 0 Å². The topological polar surface area (TPSA) is 106 Å². The van der Waals surface area contributed by atoms with E-state index >= 15 is 0 Å². The fourth-order valence-electron chi connectivity index (χ4n) is 2.42. The average Bonchev–Trinajstić information content (AvgIpc) is 2.66. The molecule has 0 aliphatic rings. The Kier molecular flexibility index (Phi) is 6.55. The number of hydrogen-bond donors (Lipinski definition) is 3. The number of carbonyl (C=O) groups excluding carboxylic acids is 1. The highest BCUT2D eigenvalue weighted by atomic mass is 32.2. The summed E-state index contributed by atoms with van der Waals surface area (Å²) in [5.41, 5.74) is 7.13. The molecule has 1 amide bonds. The molecule has 150 valence electrons. The Bertz CT molecular complexity index is 1010. The van der Waals surface area contributed by atoms with Crippen molar-refractivity contribution in [1.82, 2.24) is 15.0 Å². The molecule has 0 aliphatic heterocycles. The van der Waals surface area contributed by atoms with E-state index in [1.165, 1.54) is 17.8 Å². The number of thioether (sulfide) groups is 1. The van der Waals surface area contributed by atoms with E-state index in [4.69, 9.17) is 5.73 Å². The molecule has 7 nitrogen and oxygen atoms in total. The third kappa shape index (κ3) is 5.61. The Morgan fingerprint density at radius 2 is 1.79 bits per heavy atom. The van der Waals surface area contributed by atoms with Gasteiger partial charge in [0.05, 0.1) is 11.5 Å². The molecule has 1 aromatic heterocycles. The van der Waals surface area contributed by atoms with Crippen LogP contribution in [0.1, 0.15) is 11.4 Å². The number of carbonyl (C=O) groups is 1. The SMILES string of the molecule is Cc1ccccc1Nc1nc(N)nc(CSCC(=O)Nc2c(F)cccc2F)n1. The maximum Gasteiger partial charge on any atom is 0.234 e. The zero-order valence-corrected chi connectivity index (χ0v) is 16.3. The molecular formula is C19H18F2N6OS. The summed E-state index contributed by atoms with van der Waals surface area (Å²) < 4.78 is 27.2. The van der Waals surface area contributed by atoms with Gasteiger partial charge in [0.15, 0.2) is 0 Å². The van der Waals surface area contributed by atoms with Crippen LogP contribution in [-0.4, -0.2) is 26.6 Å². The number of halogens is 2. The number of para-hydroxylation sites is 2. The Morgan fingerprint density at radius 3 is 2.52 bits per heavy atom. The summed E-state index contributed by atoms with van der Waals surface area (Å²) in [6, 6.07) is 11.0. The van der Waals surface area contributed by atoms with Gasteiger partial charge < -0.3 is 16.4 Å². The van der Waals surface area contributed by atoms with Gasteiger partial charge in [0, 0.05) is 5.69 Å². The second-order valence-corrected chi connectivity index (χ2v) is 7.00. The summed E-state index contributed by atoms with van der Waals surface area (Å²) in [6.07, 6.45) is 0. The minimum Gasteiger partial charge on any atom is -0.368 e. The molecule has 10 heteroatoms. The second kappa shape index (κ2) is 9.28. The summed E-state index contributed by atoms with van der Waals surface area (Å²) >= 11 is 1.18. The molecule has 1 heterocycles. The molecule has 3 rings (SSSR count). The molecule has 29 heavy (non-hydrogen) atoms. The average molecular weight is 416 g/mol. The number of hydrogen-bond acceptors (Lipinski definition) is 7. The van der Waals surface area contributed by atoms with E-state index < -0.39 is 23.2 Å². The summed E-state index contributed by atoms with van der Waals surface area (Å²) in [5.74, 6) is -1.27. The lowest BCUT2D eigenvalue weighted by Gasteiger charge is -2.09. The maximum atomic E-state index is 13.6. The van der Waals surface area contributed by atoms with Crippen LogP contribution in [0.4, 0.5) is 32.1 Å². The third-order valence-electron chi connectivity index (χ3n) is 3.78. The molecule has 0 unspecified atom stereocenters. The van der Waals surface area contributed by atoms with Crippen molar-refractivity contribution < 1.29 is 13.6 Å². The van der Waals surface area contributed by atoms with Crippen molar-refractivity contribution in [3.8, 4) is 0 Å². The third-order valence-corrected chi connectivity index (χ3v) is 4.71. The normalized spacial score (nSPS) is 10.6. The zero-order chi connectivity index (χ0) is 20.8. The fraction of sp³-hybridized carbons (Fsp3) is 0.158. The second-order valence-electron chi connectivity index (χ2n) is 6.01. The van der Waals surface area contributed by atoms with E-state index in [0.717, 1.165) is 23.4 Å². The number of nitrogens with one attached hydrogen (secondary N) is 2. The highest BCUT2D eigenvalue weighted by Crippen LogP contribution is 2.20. The van der Waals surface area contributed by atoms with Crippen molar-refractivity contribution in [3.63, 3.8) is 0 Å². The molecule has 3 aromatic rings. The van der Waals surface area contributed by atoms with Crippen LogP contribution >= 0.6 is 11.8 Å². The van der Waals surface area contributed by atoms with Crippen molar-refractivity contribution in [2.24, 2.45) is 0 Å². The number of aryl methyl sites for hydroxylation is 1. The van der Waals surface area contributed by atoms with Gasteiger partial charge in [0.25, 0.3) is 0 Å². The molecular weight excluding hydrogens is 398 g/mol. The molecule has 0 saturated carbocycles. The lowest BCUT2D eigenvalue weighted by atomic mass is 10.2. The smallest absolute Gasteiger partial charge is 0.234 e. The molecule has 0 fully saturated rings. The Balaban J connectivity index is 1.59. The number of rotatable bonds is 7. The predicted octanol–water partition coefficient (Wildman–Crippen LogP) is 3.66. The standard InChI is InChI=1S/C19H18F2N6OS/c1-11-5-2-3-8-14(11)23-19-25-15(24-18(22)27-19)9-29-10-16(28)26-17-12(20)6-4-7-13(17)21/h2-8H,9-10H2,1H3,(H,26,28)(H3,22,23,24,25,27). The van der Waals surface area contributed by atoms with E-state index in [2.05, 4.69) is 25.6 Å². The first-order valence-electron chi connectivity index (χ1n) is 8.57. The molecule has 0 spiro atoms. The van der Waals surface area contributed by atoms with Crippen LogP contribution in [0.2, 0.25) is 0 Å². The van der Waals surface area contributed by atoms with Gasteiger partial charge in [-0.1, -0.05) is 24.3 Å². The first kappa shape index (κ1) is 20.5. The van der Waals surface area contributed by atoms with Gasteiger partial charge in [0.1, 0.15) is 23.1 Å². The minimum atomic E-state index is -0.833. The highest BCUT2D eigenvalue weighted by molar-refractivity contribution is 7.99. The number of aromatic nitrogens is 3. The van der Waals surface area contributed by atoms with E-state index in [0.29, 0.717) is 11.8 Å². The van der Waals surface area contributed by atoms with Crippen molar-refractivity contribution in [1.29, 1.82) is 0 Å². The fourth-order valence-corrected chi connectivity index (χ4v) is 3.09. The lowest BCUT2D eigenvalue weighted by molar-refractivity contribution is -0.113. The van der Waals surface area contributed by atoms with Gasteiger partial charge in [0.2, 0.25) is 17.8 Å². The van der Waals surface area contributed by atoms with E-state index in [9.17, 15) is 13.6 Å². The van der Waals surface area contributed by atoms with Crippen LogP contribution in [0, 0.1) is 18.6 Å². The van der Waals surface area contributed by atoms with Gasteiger partial charge >= 0.3 is 0 Å². The Labute approximate surface area is 170 Å². The Hall–Kier alpha value is -3.27. The van der Waals surface area contributed by atoms with Gasteiger partial charge in [-0.05, 0) is 30.7 Å². The van der Waals surface area contributed by atoms with E-state index in [1.807, 2.05) is 31.2 Å². The first-order chi connectivity index (χ1) is 13.9. The van der Waals surface area contributed by atoms with Gasteiger partial charge in [-0.2, -0.15) is 15.0 Å². The molecule has 0 radical (unpaired) electrons. The summed E-state index contributed by atoms with van der Waals surface area (Å²) in [7, 11) is 0. The Morgan fingerprint density at radius 1 is 1.07 bits per heavy atom. The largest absolute Gasteiger partial charge is 0.368 e. The first-order valence-corrected chi connectivity index (χ1v) is 9.72. The summed E-state index contributed by atoms with van der Waals surface area (Å²) in [4.78, 5) is 24.4. The van der Waals surface area contributed by atoms with Crippen molar-refractivity contribution in [2.45, 2.75) is 12.7 Å². The van der Waals surface area contributed by atoms with Crippen molar-refractivity contribution >= 4 is 40.9 Å². The number of nitrogens with two attached hydrogens (primary N) is 1. The van der Waals surface area contributed by atoms with Crippen LogP contribution in [0.3, 0.4) is 0 Å². The molecule has 0 bridgehead atoms. The number of nitrogens with zero attached hydrogens (tertiary/aromatic N) is 3. The minimum absolute atomic E-state index is 0.0417. The van der Waals surface area contributed by atoms with Crippen molar-refractivity contribution in [3.05, 3.63) is 65.5 Å².